The second kappa shape index (κ2) is 14.8. The summed E-state index contributed by atoms with van der Waals surface area (Å²) < 4.78 is 2.12. The molecule has 5 nitrogen and oxygen atoms in total. The normalized spacial score (nSPS) is 14.7. The van der Waals surface area contributed by atoms with Crippen molar-refractivity contribution in [1.29, 1.82) is 0 Å². The number of carbonyl (C=O) groups excluding carboxylic acids is 1. The van der Waals surface area contributed by atoms with Crippen LogP contribution >= 0.6 is 35.7 Å². The summed E-state index contributed by atoms with van der Waals surface area (Å²) in [6.07, 6.45) is 15.9. The summed E-state index contributed by atoms with van der Waals surface area (Å²) in [5.41, 5.74) is 1.76. The van der Waals surface area contributed by atoms with E-state index in [1.807, 2.05) is 49.4 Å². The van der Waals surface area contributed by atoms with E-state index in [1.54, 1.807) is 21.6 Å². The summed E-state index contributed by atoms with van der Waals surface area (Å²) in [6.45, 7) is 4.81. The van der Waals surface area contributed by atoms with Crippen LogP contribution in [0.5, 0.6) is 0 Å². The summed E-state index contributed by atoms with van der Waals surface area (Å²) in [7, 11) is 0. The molecule has 0 atom stereocenters. The van der Waals surface area contributed by atoms with E-state index in [1.165, 1.54) is 74.9 Å². The Bertz CT molecular complexity index is 1390. The van der Waals surface area contributed by atoms with Crippen LogP contribution in [0, 0.1) is 6.92 Å². The molecule has 0 bridgehead atoms. The van der Waals surface area contributed by atoms with Crippen LogP contribution in [0.15, 0.2) is 68.3 Å². The maximum atomic E-state index is 13.6. The quantitative estimate of drug-likeness (QED) is 0.0829. The number of fused-ring (bicyclic) bond motifs is 1. The first-order valence-corrected chi connectivity index (χ1v) is 16.0. The third-order valence-corrected chi connectivity index (χ3v) is 9.20. The van der Waals surface area contributed by atoms with Gasteiger partial charge < -0.3 is 0 Å². The van der Waals surface area contributed by atoms with Crippen LogP contribution in [0.2, 0.25) is 0 Å². The van der Waals surface area contributed by atoms with Gasteiger partial charge in [0.15, 0.2) is 0 Å². The minimum Gasteiger partial charge on any atom is -0.293 e. The van der Waals surface area contributed by atoms with E-state index < -0.39 is 0 Å². The highest BCUT2D eigenvalue weighted by atomic mass is 32.2. The van der Waals surface area contributed by atoms with Crippen molar-refractivity contribution in [3.05, 3.63) is 75.0 Å². The third-order valence-electron chi connectivity index (χ3n) is 6.81. The largest absolute Gasteiger partial charge is 0.293 e. The van der Waals surface area contributed by atoms with Crippen molar-refractivity contribution in [3.63, 3.8) is 0 Å². The highest BCUT2D eigenvalue weighted by molar-refractivity contribution is 8.26. The monoisotopic (exact) mass is 579 g/mol. The fourth-order valence-corrected chi connectivity index (χ4v) is 6.82. The number of hydrogen-bond donors (Lipinski definition) is 0. The van der Waals surface area contributed by atoms with E-state index in [2.05, 4.69) is 6.92 Å². The number of nitrogens with zero attached hydrogens (tertiary/aromatic N) is 3. The Morgan fingerprint density at radius 3 is 2.28 bits per heavy atom. The first kappa shape index (κ1) is 29.6. The molecule has 0 spiro atoms. The van der Waals surface area contributed by atoms with Gasteiger partial charge in [0.25, 0.3) is 11.5 Å². The predicted molar refractivity (Wildman–Crippen MR) is 168 cm³/mol. The number of hydrogen-bond acceptors (Lipinski definition) is 6. The molecule has 8 heteroatoms. The molecule has 4 rings (SSSR count). The van der Waals surface area contributed by atoms with E-state index in [-0.39, 0.29) is 11.5 Å². The van der Waals surface area contributed by atoms with E-state index in [0.29, 0.717) is 32.0 Å². The highest BCUT2D eigenvalue weighted by Gasteiger charge is 2.32. The lowest BCUT2D eigenvalue weighted by atomic mass is 10.1. The number of benzene rings is 1. The van der Waals surface area contributed by atoms with Gasteiger partial charge in [-0.2, -0.15) is 0 Å². The number of thiocarbonyl (C=S) groups is 1. The first-order valence-electron chi connectivity index (χ1n) is 14.0. The Hall–Kier alpha value is -2.42. The molecule has 39 heavy (non-hydrogen) atoms. The van der Waals surface area contributed by atoms with Crippen LogP contribution in [0.4, 0.5) is 0 Å². The van der Waals surface area contributed by atoms with Crippen molar-refractivity contribution in [2.45, 2.75) is 88.0 Å². The van der Waals surface area contributed by atoms with Gasteiger partial charge in [-0.25, -0.2) is 4.98 Å². The summed E-state index contributed by atoms with van der Waals surface area (Å²) in [5.74, 6) is -0.120. The summed E-state index contributed by atoms with van der Waals surface area (Å²) in [4.78, 5) is 34.9. The Morgan fingerprint density at radius 1 is 0.923 bits per heavy atom. The van der Waals surface area contributed by atoms with Crippen LogP contribution in [-0.4, -0.2) is 31.1 Å². The summed E-state index contributed by atoms with van der Waals surface area (Å²) in [5, 5.41) is 0.579. The number of carbonyl (C=O) groups is 1. The number of rotatable bonds is 14. The van der Waals surface area contributed by atoms with Crippen LogP contribution in [0.3, 0.4) is 0 Å². The Kier molecular flexibility index (Phi) is 11.2. The van der Waals surface area contributed by atoms with E-state index in [0.717, 1.165) is 23.3 Å². The minimum absolute atomic E-state index is 0.120. The Balaban J connectivity index is 1.45. The molecule has 0 unspecified atom stereocenters. The number of aryl methyl sites for hydroxylation is 1. The fourth-order valence-electron chi connectivity index (χ4n) is 4.62. The molecule has 1 aliphatic rings. The lowest BCUT2D eigenvalue weighted by Gasteiger charge is -2.14. The number of pyridine rings is 1. The summed E-state index contributed by atoms with van der Waals surface area (Å²) in [6, 6.07) is 13.6. The van der Waals surface area contributed by atoms with Crippen molar-refractivity contribution in [2.24, 2.45) is 0 Å². The van der Waals surface area contributed by atoms with Crippen molar-refractivity contribution in [1.82, 2.24) is 14.3 Å². The minimum atomic E-state index is -0.193. The number of amides is 1. The molecule has 3 heterocycles. The van der Waals surface area contributed by atoms with Crippen LogP contribution in [0.1, 0.15) is 82.3 Å². The molecule has 1 fully saturated rings. The molecule has 0 saturated carbocycles. The number of thioether (sulfide) groups is 1. The fraction of sp³-hybridized carbons (Fsp3) is 0.419. The maximum Gasteiger partial charge on any atom is 0.266 e. The zero-order valence-electron chi connectivity index (χ0n) is 22.9. The van der Waals surface area contributed by atoms with Gasteiger partial charge in [-0.15, -0.1) is 0 Å². The number of aromatic nitrogens is 2. The zero-order valence-corrected chi connectivity index (χ0v) is 25.3. The highest BCUT2D eigenvalue weighted by Crippen LogP contribution is 2.35. The van der Waals surface area contributed by atoms with Crippen LogP contribution in [-0.2, 0) is 4.79 Å². The van der Waals surface area contributed by atoms with Gasteiger partial charge in [-0.3, -0.25) is 18.9 Å². The zero-order chi connectivity index (χ0) is 27.6. The first-order chi connectivity index (χ1) is 19.0. The predicted octanol–water partition coefficient (Wildman–Crippen LogP) is 8.28. The molecule has 1 amide bonds. The average Bonchev–Trinajstić information content (AvgIpc) is 3.20. The Labute approximate surface area is 245 Å². The smallest absolute Gasteiger partial charge is 0.266 e. The molecule has 0 N–H and O–H groups in total. The third kappa shape index (κ3) is 8.05. The van der Waals surface area contributed by atoms with E-state index in [9.17, 15) is 9.59 Å². The van der Waals surface area contributed by atoms with Gasteiger partial charge in [-0.05, 0) is 43.2 Å². The van der Waals surface area contributed by atoms with Crippen molar-refractivity contribution < 1.29 is 4.79 Å². The SMILES string of the molecule is CCCCCCCCCCCCN1C(=O)C(=Cc2c(Sc3ccccc3)nc3ccc(C)cn3c2=O)SC1=S. The second-order valence-corrected chi connectivity index (χ2v) is 12.7. The molecule has 1 aliphatic heterocycles. The van der Waals surface area contributed by atoms with Crippen molar-refractivity contribution in [3.8, 4) is 0 Å². The lowest BCUT2D eigenvalue weighted by molar-refractivity contribution is -0.122. The molecular weight excluding hydrogens is 543 g/mol. The van der Waals surface area contributed by atoms with Gasteiger partial charge in [0, 0.05) is 17.6 Å². The maximum absolute atomic E-state index is 13.6. The Morgan fingerprint density at radius 2 is 1.59 bits per heavy atom. The lowest BCUT2D eigenvalue weighted by Crippen LogP contribution is -2.29. The summed E-state index contributed by atoms with van der Waals surface area (Å²) >= 11 is 8.27. The second-order valence-electron chi connectivity index (χ2n) is 10.0. The van der Waals surface area contributed by atoms with E-state index >= 15 is 0 Å². The molecule has 2 aromatic heterocycles. The molecule has 206 valence electrons. The molecule has 0 aliphatic carbocycles. The van der Waals surface area contributed by atoms with Gasteiger partial charge >= 0.3 is 0 Å². The average molecular weight is 580 g/mol. The molecular formula is C31H37N3O2S3. The molecule has 3 aromatic rings. The molecule has 1 aromatic carbocycles. The van der Waals surface area contributed by atoms with Crippen molar-refractivity contribution >= 4 is 57.7 Å². The molecule has 0 radical (unpaired) electrons. The van der Waals surface area contributed by atoms with Crippen molar-refractivity contribution in [2.75, 3.05) is 6.54 Å². The van der Waals surface area contributed by atoms with Gasteiger partial charge in [0.1, 0.15) is 15.0 Å². The van der Waals surface area contributed by atoms with Gasteiger partial charge in [0.2, 0.25) is 0 Å². The number of unbranched alkanes of at least 4 members (excludes halogenated alkanes) is 9. The van der Waals surface area contributed by atoms with E-state index in [4.69, 9.17) is 17.2 Å². The topological polar surface area (TPSA) is 54.7 Å². The molecule has 1 saturated heterocycles. The van der Waals surface area contributed by atoms with Crippen LogP contribution in [0.25, 0.3) is 11.7 Å². The van der Waals surface area contributed by atoms with Gasteiger partial charge in [0.05, 0.1) is 10.5 Å². The standard InChI is InChI=1S/C31H37N3O2S3/c1-3-4-5-6-7-8-9-10-11-15-20-33-30(36)26(39-31(33)37)21-25-28(38-24-16-13-12-14-17-24)32-27-19-18-23(2)22-34(27)29(25)35/h12-14,16-19,21-22H,3-11,15,20H2,1-2H3. The van der Waals surface area contributed by atoms with Gasteiger partial charge in [-0.1, -0.05) is 125 Å². The van der Waals surface area contributed by atoms with Crippen LogP contribution < -0.4 is 5.56 Å².